The highest BCUT2D eigenvalue weighted by atomic mass is 16.6. The van der Waals surface area contributed by atoms with Crippen LogP contribution in [0.25, 0.3) is 11.1 Å². The molecule has 0 unspecified atom stereocenters. The van der Waals surface area contributed by atoms with Crippen LogP contribution in [0.15, 0.2) is 48.5 Å². The summed E-state index contributed by atoms with van der Waals surface area (Å²) in [6.07, 6.45) is -0.726. The molecule has 0 fully saturated rings. The van der Waals surface area contributed by atoms with Crippen LogP contribution in [0.4, 0.5) is 4.79 Å². The predicted octanol–water partition coefficient (Wildman–Crippen LogP) is 3.86. The van der Waals surface area contributed by atoms with Crippen molar-refractivity contribution in [2.75, 3.05) is 92.9 Å². The lowest BCUT2D eigenvalue weighted by molar-refractivity contribution is -0.157. The topological polar surface area (TPSA) is 149 Å². The van der Waals surface area contributed by atoms with E-state index in [1.54, 1.807) is 27.9 Å². The van der Waals surface area contributed by atoms with Crippen molar-refractivity contribution in [2.24, 2.45) is 0 Å². The van der Waals surface area contributed by atoms with E-state index in [0.29, 0.717) is 72.7 Å². The van der Waals surface area contributed by atoms with E-state index in [9.17, 15) is 14.4 Å². The van der Waals surface area contributed by atoms with Gasteiger partial charge in [0.1, 0.15) is 18.2 Å². The number of carbonyl (C=O) groups excluding carboxylic acids is 3. The molecule has 3 rings (SSSR count). The van der Waals surface area contributed by atoms with Gasteiger partial charge in [0.15, 0.2) is 0 Å². The molecule has 0 saturated carbocycles. The standard InChI is InChI=1S/C37H54N2O11/c1-37(2,3)50-35(41)33(39-36(42)49-27-32-30-11-7-5-9-28(30)29-10-6-8-12-31(29)32)13-14-34(40)38-15-16-44-19-20-46-23-24-48-26-25-47-22-21-45-18-17-43-4/h5-12,32-33H,13-27H2,1-4H3,(H,38,40)(H,39,42)/t33-/m1/s1. The Bertz CT molecular complexity index is 1250. The molecule has 1 atom stereocenters. The number of methoxy groups -OCH3 is 1. The number of esters is 1. The maximum atomic E-state index is 13.0. The molecule has 0 heterocycles. The first kappa shape index (κ1) is 40.8. The minimum absolute atomic E-state index is 0.0100. The monoisotopic (exact) mass is 702 g/mol. The van der Waals surface area contributed by atoms with Crippen molar-refractivity contribution in [2.45, 2.75) is 51.2 Å². The van der Waals surface area contributed by atoms with E-state index in [1.807, 2.05) is 36.4 Å². The third-order valence-corrected chi connectivity index (χ3v) is 7.48. The Morgan fingerprint density at radius 3 is 1.68 bits per heavy atom. The molecule has 0 aromatic heterocycles. The molecule has 13 heteroatoms. The molecule has 0 aliphatic heterocycles. The van der Waals surface area contributed by atoms with E-state index in [4.69, 9.17) is 37.9 Å². The second-order valence-corrected chi connectivity index (χ2v) is 12.5. The van der Waals surface area contributed by atoms with Crippen LogP contribution in [-0.2, 0) is 47.5 Å². The minimum atomic E-state index is -1.06. The number of benzene rings is 2. The summed E-state index contributed by atoms with van der Waals surface area (Å²) in [6.45, 7) is 10.7. The number of ether oxygens (including phenoxy) is 8. The maximum absolute atomic E-state index is 13.0. The van der Waals surface area contributed by atoms with Gasteiger partial charge in [0.05, 0.1) is 72.7 Å². The van der Waals surface area contributed by atoms with Gasteiger partial charge in [-0.1, -0.05) is 48.5 Å². The van der Waals surface area contributed by atoms with Gasteiger partial charge in [0, 0.05) is 26.0 Å². The molecule has 2 aromatic carbocycles. The highest BCUT2D eigenvalue weighted by Crippen LogP contribution is 2.44. The van der Waals surface area contributed by atoms with Gasteiger partial charge in [0.25, 0.3) is 0 Å². The third-order valence-electron chi connectivity index (χ3n) is 7.48. The fourth-order valence-corrected chi connectivity index (χ4v) is 5.15. The first-order valence-electron chi connectivity index (χ1n) is 17.2. The van der Waals surface area contributed by atoms with Crippen LogP contribution >= 0.6 is 0 Å². The normalized spacial score (nSPS) is 13.0. The van der Waals surface area contributed by atoms with E-state index in [0.717, 1.165) is 22.3 Å². The van der Waals surface area contributed by atoms with Crippen molar-refractivity contribution in [1.82, 2.24) is 10.6 Å². The van der Waals surface area contributed by atoms with Crippen LogP contribution in [0, 0.1) is 0 Å². The summed E-state index contributed by atoms with van der Waals surface area (Å²) in [5, 5.41) is 5.38. The van der Waals surface area contributed by atoms with Gasteiger partial charge in [-0.15, -0.1) is 0 Å². The van der Waals surface area contributed by atoms with Gasteiger partial charge in [-0.3, -0.25) is 4.79 Å². The van der Waals surface area contributed by atoms with Crippen LogP contribution < -0.4 is 10.6 Å². The lowest BCUT2D eigenvalue weighted by atomic mass is 9.98. The highest BCUT2D eigenvalue weighted by molar-refractivity contribution is 5.83. The minimum Gasteiger partial charge on any atom is -0.458 e. The van der Waals surface area contributed by atoms with Gasteiger partial charge in [-0.25, -0.2) is 9.59 Å². The van der Waals surface area contributed by atoms with E-state index < -0.39 is 23.7 Å². The molecule has 2 aromatic rings. The SMILES string of the molecule is COCCOCCOCCOCCOCCOCCNC(=O)CC[C@@H](NC(=O)OCC1c2ccccc2-c2ccccc21)C(=O)OC(C)(C)C. The quantitative estimate of drug-likeness (QED) is 0.115. The Kier molecular flexibility index (Phi) is 18.8. The summed E-state index contributed by atoms with van der Waals surface area (Å²) in [4.78, 5) is 38.4. The predicted molar refractivity (Wildman–Crippen MR) is 186 cm³/mol. The average molecular weight is 703 g/mol. The third kappa shape index (κ3) is 15.5. The summed E-state index contributed by atoms with van der Waals surface area (Å²) in [6, 6.07) is 15.0. The van der Waals surface area contributed by atoms with Crippen LogP contribution in [0.1, 0.15) is 50.7 Å². The molecule has 2 amide bonds. The van der Waals surface area contributed by atoms with Crippen molar-refractivity contribution in [3.8, 4) is 11.1 Å². The Morgan fingerprint density at radius 2 is 1.18 bits per heavy atom. The number of rotatable bonds is 25. The van der Waals surface area contributed by atoms with E-state index in [2.05, 4.69) is 22.8 Å². The fraction of sp³-hybridized carbons (Fsp3) is 0.595. The lowest BCUT2D eigenvalue weighted by Gasteiger charge is -2.24. The number of amides is 2. The first-order chi connectivity index (χ1) is 24.2. The number of hydrogen-bond donors (Lipinski definition) is 2. The number of hydrogen-bond acceptors (Lipinski definition) is 11. The second kappa shape index (κ2) is 23.0. The van der Waals surface area contributed by atoms with E-state index in [1.165, 1.54) is 0 Å². The fourth-order valence-electron chi connectivity index (χ4n) is 5.15. The number of nitrogens with one attached hydrogen (secondary N) is 2. The number of fused-ring (bicyclic) bond motifs is 3. The van der Waals surface area contributed by atoms with Gasteiger partial charge < -0.3 is 48.5 Å². The molecule has 2 N–H and O–H groups in total. The molecule has 1 aliphatic rings. The molecule has 13 nitrogen and oxygen atoms in total. The van der Waals surface area contributed by atoms with Crippen LogP contribution in [-0.4, -0.2) is 123 Å². The highest BCUT2D eigenvalue weighted by Gasteiger charge is 2.31. The van der Waals surface area contributed by atoms with Gasteiger partial charge in [-0.05, 0) is 49.4 Å². The Balaban J connectivity index is 1.28. The van der Waals surface area contributed by atoms with Crippen LogP contribution in [0.2, 0.25) is 0 Å². The second-order valence-electron chi connectivity index (χ2n) is 12.5. The largest absolute Gasteiger partial charge is 0.458 e. The number of alkyl carbamates (subject to hydrolysis) is 1. The average Bonchev–Trinajstić information content (AvgIpc) is 3.41. The van der Waals surface area contributed by atoms with Crippen molar-refractivity contribution in [3.63, 3.8) is 0 Å². The smallest absolute Gasteiger partial charge is 0.407 e. The molecule has 1 aliphatic carbocycles. The van der Waals surface area contributed by atoms with E-state index in [-0.39, 0.29) is 37.8 Å². The molecular formula is C37H54N2O11. The zero-order valence-corrected chi connectivity index (χ0v) is 29.9. The van der Waals surface area contributed by atoms with Crippen molar-refractivity contribution >= 4 is 18.0 Å². The summed E-state index contributed by atoms with van der Waals surface area (Å²) in [7, 11) is 1.63. The van der Waals surface area contributed by atoms with Crippen molar-refractivity contribution < 1.29 is 52.3 Å². The first-order valence-corrected chi connectivity index (χ1v) is 17.2. The van der Waals surface area contributed by atoms with Crippen LogP contribution in [0.3, 0.4) is 0 Å². The molecular weight excluding hydrogens is 648 g/mol. The number of carbonyl (C=O) groups is 3. The molecule has 0 bridgehead atoms. The van der Waals surface area contributed by atoms with Gasteiger partial charge >= 0.3 is 12.1 Å². The molecule has 0 radical (unpaired) electrons. The van der Waals surface area contributed by atoms with Crippen molar-refractivity contribution in [1.29, 1.82) is 0 Å². The zero-order valence-electron chi connectivity index (χ0n) is 29.9. The van der Waals surface area contributed by atoms with E-state index >= 15 is 0 Å². The Labute approximate surface area is 295 Å². The summed E-state index contributed by atoms with van der Waals surface area (Å²) >= 11 is 0. The zero-order chi connectivity index (χ0) is 36.0. The van der Waals surface area contributed by atoms with Gasteiger partial charge in [-0.2, -0.15) is 0 Å². The van der Waals surface area contributed by atoms with Crippen molar-refractivity contribution in [3.05, 3.63) is 59.7 Å². The maximum Gasteiger partial charge on any atom is 0.407 e. The molecule has 278 valence electrons. The Hall–Kier alpha value is -3.59. The lowest BCUT2D eigenvalue weighted by Crippen LogP contribution is -2.45. The van der Waals surface area contributed by atoms with Crippen LogP contribution in [0.5, 0.6) is 0 Å². The van der Waals surface area contributed by atoms with Gasteiger partial charge in [0.2, 0.25) is 5.91 Å². The summed E-state index contributed by atoms with van der Waals surface area (Å²) in [5.74, 6) is -1.05. The molecule has 0 spiro atoms. The molecule has 0 saturated heterocycles. The summed E-state index contributed by atoms with van der Waals surface area (Å²) in [5.41, 5.74) is 3.62. The Morgan fingerprint density at radius 1 is 0.700 bits per heavy atom. The summed E-state index contributed by atoms with van der Waals surface area (Å²) < 4.78 is 43.2. The molecule has 50 heavy (non-hydrogen) atoms.